The minimum Gasteiger partial charge on any atom is -0.506 e. The minimum absolute atomic E-state index is 0.0714. The molecule has 1 aromatic heterocycles. The number of ether oxygens (including phenoxy) is 2. The van der Waals surface area contributed by atoms with Crippen molar-refractivity contribution in [3.05, 3.63) is 123 Å². The van der Waals surface area contributed by atoms with Crippen LogP contribution < -0.4 is 19.6 Å². The van der Waals surface area contributed by atoms with Gasteiger partial charge < -0.3 is 14.6 Å². The normalized spacial score (nSPS) is 14.8. The van der Waals surface area contributed by atoms with E-state index in [0.29, 0.717) is 27.4 Å². The predicted molar refractivity (Wildman–Crippen MR) is 157 cm³/mol. The zero-order valence-corrected chi connectivity index (χ0v) is 24.1. The van der Waals surface area contributed by atoms with E-state index in [1.807, 2.05) is 30.3 Å². The number of non-ortho nitro benzene ring substituents is 1. The second-order valence-electron chi connectivity index (χ2n) is 8.83. The molecule has 0 radical (unpaired) electrons. The van der Waals surface area contributed by atoms with E-state index >= 15 is 0 Å². The number of hydrogen-bond donors (Lipinski definition) is 1. The Balaban J connectivity index is 1.85. The van der Waals surface area contributed by atoms with Crippen molar-refractivity contribution >= 4 is 50.7 Å². The number of halogens is 1. The molecule has 0 bridgehead atoms. The average Bonchev–Trinajstić information content (AvgIpc) is 3.29. The number of carbonyl (C=O) groups excluding carboxylic acids is 1. The second kappa shape index (κ2) is 11.5. The number of phenols is 1. The van der Waals surface area contributed by atoms with Gasteiger partial charge in [0.1, 0.15) is 11.5 Å². The lowest BCUT2D eigenvalue weighted by Gasteiger charge is -2.26. The summed E-state index contributed by atoms with van der Waals surface area (Å²) in [5.41, 5.74) is 1.07. The number of fused-ring (bicyclic) bond motifs is 1. The standard InChI is InChI=1S/C29H22BrN3O7S/c1-3-40-28(36)23-24(16-8-5-4-6-9-16)31-29-32(25(23)17-10-7-11-20(13-17)39-2)27(35)22(41-29)14-18-12-19(33(37)38)15-21(30)26(18)34/h4-15,25,34H,3H2,1-2H3/b22-14-/t25-/m0/s1. The predicted octanol–water partition coefficient (Wildman–Crippen LogP) is 4.32. The summed E-state index contributed by atoms with van der Waals surface area (Å²) in [7, 11) is 1.52. The molecule has 0 unspecified atom stereocenters. The number of carbonyl (C=O) groups is 1. The molecule has 12 heteroatoms. The van der Waals surface area contributed by atoms with Crippen LogP contribution in [0.1, 0.15) is 29.7 Å². The van der Waals surface area contributed by atoms with Gasteiger partial charge in [-0.3, -0.25) is 19.5 Å². The highest BCUT2D eigenvalue weighted by atomic mass is 79.9. The summed E-state index contributed by atoms with van der Waals surface area (Å²) < 4.78 is 12.5. The molecule has 1 atom stereocenters. The third-order valence-corrected chi connectivity index (χ3v) is 7.95. The van der Waals surface area contributed by atoms with Crippen molar-refractivity contribution in [2.75, 3.05) is 13.7 Å². The van der Waals surface area contributed by atoms with Crippen molar-refractivity contribution in [2.45, 2.75) is 13.0 Å². The van der Waals surface area contributed by atoms with E-state index < -0.39 is 22.5 Å². The Morgan fingerprint density at radius 1 is 1.20 bits per heavy atom. The smallest absolute Gasteiger partial charge is 0.338 e. The fourth-order valence-corrected chi connectivity index (χ4v) is 5.98. The summed E-state index contributed by atoms with van der Waals surface area (Å²) in [5, 5.41) is 22.0. The maximum Gasteiger partial charge on any atom is 0.338 e. The third-order valence-electron chi connectivity index (χ3n) is 6.36. The van der Waals surface area contributed by atoms with Crippen LogP contribution in [0.25, 0.3) is 11.8 Å². The first-order chi connectivity index (χ1) is 19.7. The molecule has 0 saturated carbocycles. The number of benzene rings is 3. The highest BCUT2D eigenvalue weighted by Gasteiger charge is 2.35. The number of nitro benzene ring substituents is 1. The monoisotopic (exact) mass is 635 g/mol. The number of hydrogen-bond acceptors (Lipinski definition) is 9. The van der Waals surface area contributed by atoms with E-state index in [9.17, 15) is 24.8 Å². The molecule has 2 heterocycles. The lowest BCUT2D eigenvalue weighted by molar-refractivity contribution is -0.385. The number of esters is 1. The molecule has 0 spiro atoms. The van der Waals surface area contributed by atoms with Crippen molar-refractivity contribution in [3.63, 3.8) is 0 Å². The van der Waals surface area contributed by atoms with E-state index in [0.717, 1.165) is 11.3 Å². The maximum absolute atomic E-state index is 14.0. The number of nitro groups is 1. The molecule has 1 aliphatic heterocycles. The van der Waals surface area contributed by atoms with Gasteiger partial charge in [-0.25, -0.2) is 9.79 Å². The van der Waals surface area contributed by atoms with Crippen molar-refractivity contribution in [1.29, 1.82) is 0 Å². The number of methoxy groups -OCH3 is 1. The molecule has 5 rings (SSSR count). The molecule has 41 heavy (non-hydrogen) atoms. The lowest BCUT2D eigenvalue weighted by atomic mass is 9.93. The molecule has 0 amide bonds. The van der Waals surface area contributed by atoms with Crippen LogP contribution in [0.3, 0.4) is 0 Å². The average molecular weight is 636 g/mol. The molecule has 3 aromatic carbocycles. The summed E-state index contributed by atoms with van der Waals surface area (Å²) in [6.45, 7) is 1.81. The zero-order chi connectivity index (χ0) is 29.3. The first-order valence-corrected chi connectivity index (χ1v) is 13.9. The SMILES string of the molecule is CCOC(=O)C1=C(c2ccccc2)N=c2s/c(=C\c3cc([N+](=O)[O-])cc(Br)c3O)c(=O)n2[C@H]1c1cccc(OC)c1. The summed E-state index contributed by atoms with van der Waals surface area (Å²) in [6, 6.07) is 17.6. The molecule has 208 valence electrons. The van der Waals surface area contributed by atoms with Crippen molar-refractivity contribution in [3.8, 4) is 11.5 Å². The fraction of sp³-hybridized carbons (Fsp3) is 0.138. The molecule has 0 saturated heterocycles. The topological polar surface area (TPSA) is 133 Å². The minimum atomic E-state index is -0.928. The van der Waals surface area contributed by atoms with Gasteiger partial charge in [0.15, 0.2) is 4.80 Å². The number of rotatable bonds is 7. The Hall–Kier alpha value is -4.55. The molecule has 4 aromatic rings. The Morgan fingerprint density at radius 2 is 1.95 bits per heavy atom. The fourth-order valence-electron chi connectivity index (χ4n) is 4.53. The molecular weight excluding hydrogens is 614 g/mol. The highest BCUT2D eigenvalue weighted by Crippen LogP contribution is 2.36. The molecule has 0 fully saturated rings. The number of thiazole rings is 1. The van der Waals surface area contributed by atoms with E-state index in [-0.39, 0.29) is 38.2 Å². The van der Waals surface area contributed by atoms with Crippen LogP contribution in [-0.2, 0) is 9.53 Å². The number of aromatic hydroxyl groups is 1. The number of nitrogens with zero attached hydrogens (tertiary/aromatic N) is 3. The van der Waals surface area contributed by atoms with Gasteiger partial charge in [-0.15, -0.1) is 0 Å². The second-order valence-corrected chi connectivity index (χ2v) is 10.7. The largest absolute Gasteiger partial charge is 0.506 e. The third kappa shape index (κ3) is 5.31. The van der Waals surface area contributed by atoms with Crippen LogP contribution >= 0.6 is 27.3 Å². The van der Waals surface area contributed by atoms with Gasteiger partial charge in [0.2, 0.25) is 0 Å². The Bertz CT molecular complexity index is 1900. The summed E-state index contributed by atoms with van der Waals surface area (Å²) in [4.78, 5) is 43.4. The van der Waals surface area contributed by atoms with Gasteiger partial charge in [0.25, 0.3) is 11.2 Å². The van der Waals surface area contributed by atoms with Gasteiger partial charge in [0.05, 0.1) is 45.0 Å². The maximum atomic E-state index is 14.0. The lowest BCUT2D eigenvalue weighted by Crippen LogP contribution is -2.40. The van der Waals surface area contributed by atoms with Crippen molar-refractivity contribution in [2.24, 2.45) is 4.99 Å². The van der Waals surface area contributed by atoms with Gasteiger partial charge in [-0.1, -0.05) is 53.8 Å². The van der Waals surface area contributed by atoms with Crippen LogP contribution in [-0.4, -0.2) is 34.3 Å². The quantitative estimate of drug-likeness (QED) is 0.182. The van der Waals surface area contributed by atoms with Crippen LogP contribution in [0.4, 0.5) is 5.69 Å². The van der Waals surface area contributed by atoms with Gasteiger partial charge >= 0.3 is 5.97 Å². The van der Waals surface area contributed by atoms with Gasteiger partial charge in [0, 0.05) is 23.3 Å². The van der Waals surface area contributed by atoms with Gasteiger partial charge in [-0.05, 0) is 46.6 Å². The highest BCUT2D eigenvalue weighted by molar-refractivity contribution is 9.10. The molecule has 0 aliphatic carbocycles. The van der Waals surface area contributed by atoms with E-state index in [1.165, 1.54) is 29.9 Å². The van der Waals surface area contributed by atoms with E-state index in [2.05, 4.69) is 15.9 Å². The zero-order valence-electron chi connectivity index (χ0n) is 21.7. The Morgan fingerprint density at radius 3 is 2.63 bits per heavy atom. The van der Waals surface area contributed by atoms with Crippen molar-refractivity contribution in [1.82, 2.24) is 4.57 Å². The molecular formula is C29H22BrN3O7S. The number of aromatic nitrogens is 1. The van der Waals surface area contributed by atoms with E-state index in [4.69, 9.17) is 14.5 Å². The Labute approximate surface area is 245 Å². The summed E-state index contributed by atoms with van der Waals surface area (Å²) in [5.74, 6) is -0.363. The van der Waals surface area contributed by atoms with Crippen LogP contribution in [0, 0.1) is 10.1 Å². The van der Waals surface area contributed by atoms with Gasteiger partial charge in [-0.2, -0.15) is 0 Å². The Kier molecular flexibility index (Phi) is 7.86. The molecule has 10 nitrogen and oxygen atoms in total. The molecule has 1 aliphatic rings. The summed E-state index contributed by atoms with van der Waals surface area (Å²) >= 11 is 4.17. The summed E-state index contributed by atoms with van der Waals surface area (Å²) in [6.07, 6.45) is 1.37. The van der Waals surface area contributed by atoms with Crippen LogP contribution in [0.5, 0.6) is 11.5 Å². The van der Waals surface area contributed by atoms with Crippen LogP contribution in [0.15, 0.2) is 86.6 Å². The first-order valence-electron chi connectivity index (χ1n) is 12.3. The van der Waals surface area contributed by atoms with Crippen molar-refractivity contribution < 1.29 is 24.3 Å². The first kappa shape index (κ1) is 28.0. The molecule has 1 N–H and O–H groups in total. The number of phenolic OH excluding ortho intramolecular Hbond substituents is 1. The van der Waals surface area contributed by atoms with E-state index in [1.54, 1.807) is 31.2 Å². The van der Waals surface area contributed by atoms with Crippen LogP contribution in [0.2, 0.25) is 0 Å².